The fraction of sp³-hybridized carbons (Fsp3) is 0.333. The molecule has 1 fully saturated rings. The molecule has 1 aromatic heterocycles. The number of rotatable bonds is 5. The molecule has 2 aliphatic rings. The number of hydrogen-bond donors (Lipinski definition) is 1. The molecule has 2 aromatic rings. The van der Waals surface area contributed by atoms with Gasteiger partial charge in [-0.2, -0.15) is 0 Å². The van der Waals surface area contributed by atoms with Crippen LogP contribution in [0.25, 0.3) is 11.3 Å². The number of benzene rings is 1. The Bertz CT molecular complexity index is 1230. The van der Waals surface area contributed by atoms with E-state index in [1.807, 2.05) is 0 Å². The van der Waals surface area contributed by atoms with E-state index in [2.05, 4.69) is 5.16 Å². The van der Waals surface area contributed by atoms with Gasteiger partial charge in [-0.1, -0.05) is 69.8 Å². The van der Waals surface area contributed by atoms with Crippen molar-refractivity contribution in [2.24, 2.45) is 0 Å². The number of ether oxygens (including phenoxy) is 1. The number of halogens is 4. The minimum Gasteiger partial charge on any atom is -0.465 e. The van der Waals surface area contributed by atoms with Gasteiger partial charge in [0.05, 0.1) is 10.6 Å². The minimum atomic E-state index is -1.78. The van der Waals surface area contributed by atoms with E-state index in [1.54, 1.807) is 38.1 Å². The quantitative estimate of drug-likeness (QED) is 0.289. The maximum Gasteiger partial charge on any atom is 0.412 e. The van der Waals surface area contributed by atoms with Gasteiger partial charge in [0.2, 0.25) is 3.79 Å². The average molecular weight is 581 g/mol. The summed E-state index contributed by atoms with van der Waals surface area (Å²) in [4.78, 5) is 40.2. The number of carbonyl (C=O) groups excluding carboxylic acids is 2. The summed E-state index contributed by atoms with van der Waals surface area (Å²) in [7, 11) is 0. The Hall–Kier alpha value is -2.11. The Morgan fingerprint density at radius 2 is 2.00 bits per heavy atom. The van der Waals surface area contributed by atoms with Crippen molar-refractivity contribution in [1.29, 1.82) is 0 Å². The molecule has 1 saturated heterocycles. The van der Waals surface area contributed by atoms with Crippen LogP contribution in [0.3, 0.4) is 0 Å². The number of thioether (sulfide) groups is 1. The van der Waals surface area contributed by atoms with Gasteiger partial charge in [0, 0.05) is 17.0 Å². The SMILES string of the molecule is Cc1onc(-c2ccccc2Cl)c1N(C(=O)O)C1C(=O)N2C=C(C(=O)OCC(Cl)(Cl)Cl)C(C)S[C@H]12. The topological polar surface area (TPSA) is 113 Å². The van der Waals surface area contributed by atoms with Gasteiger partial charge >= 0.3 is 12.1 Å². The zero-order valence-electron chi connectivity index (χ0n) is 18.1. The van der Waals surface area contributed by atoms with Gasteiger partial charge < -0.3 is 19.3 Å². The molecule has 2 amide bonds. The normalized spacial score (nSPS) is 21.7. The highest BCUT2D eigenvalue weighted by atomic mass is 35.6. The lowest BCUT2D eigenvalue weighted by atomic mass is 10.0. The third-order valence-corrected chi connectivity index (χ3v) is 7.48. The third kappa shape index (κ3) is 4.95. The van der Waals surface area contributed by atoms with Crippen molar-refractivity contribution in [3.05, 3.63) is 46.8 Å². The summed E-state index contributed by atoms with van der Waals surface area (Å²) < 4.78 is 8.55. The fourth-order valence-corrected chi connectivity index (χ4v) is 5.60. The number of fused-ring (bicyclic) bond motifs is 1. The van der Waals surface area contributed by atoms with Crippen molar-refractivity contribution >= 4 is 81.8 Å². The van der Waals surface area contributed by atoms with E-state index in [0.29, 0.717) is 10.6 Å². The molecular weight excluding hydrogens is 564 g/mol. The first-order chi connectivity index (χ1) is 16.4. The highest BCUT2D eigenvalue weighted by Crippen LogP contribution is 2.46. The van der Waals surface area contributed by atoms with Crippen LogP contribution in [-0.2, 0) is 14.3 Å². The molecule has 1 N–H and O–H groups in total. The summed E-state index contributed by atoms with van der Waals surface area (Å²) in [5.41, 5.74) is 0.961. The molecule has 0 saturated carbocycles. The van der Waals surface area contributed by atoms with Crippen LogP contribution in [0.1, 0.15) is 12.7 Å². The summed E-state index contributed by atoms with van der Waals surface area (Å²) >= 11 is 24.4. The van der Waals surface area contributed by atoms with Crippen LogP contribution in [0.2, 0.25) is 5.02 Å². The Labute approximate surface area is 223 Å². The number of alkyl halides is 3. The van der Waals surface area contributed by atoms with Crippen molar-refractivity contribution in [2.45, 2.75) is 34.3 Å². The van der Waals surface area contributed by atoms with Gasteiger partial charge in [-0.25, -0.2) is 9.59 Å². The molecule has 9 nitrogen and oxygen atoms in total. The number of hydrogen-bond acceptors (Lipinski definition) is 7. The molecule has 4 rings (SSSR count). The van der Waals surface area contributed by atoms with Gasteiger partial charge in [-0.15, -0.1) is 11.8 Å². The molecule has 3 atom stereocenters. The number of aryl methyl sites for hydroxylation is 1. The van der Waals surface area contributed by atoms with Crippen LogP contribution >= 0.6 is 58.2 Å². The first kappa shape index (κ1) is 26.0. The van der Waals surface area contributed by atoms with Gasteiger partial charge in [-0.05, 0) is 19.9 Å². The summed E-state index contributed by atoms with van der Waals surface area (Å²) in [5.74, 6) is -1.07. The zero-order chi connectivity index (χ0) is 25.7. The van der Waals surface area contributed by atoms with Gasteiger partial charge in [-0.3, -0.25) is 9.69 Å². The molecule has 35 heavy (non-hydrogen) atoms. The first-order valence-corrected chi connectivity index (χ1v) is 12.5. The van der Waals surface area contributed by atoms with Gasteiger partial charge in [0.25, 0.3) is 5.91 Å². The number of carboxylic acid groups (broad SMARTS) is 1. The van der Waals surface area contributed by atoms with Crippen LogP contribution in [0, 0.1) is 6.92 Å². The van der Waals surface area contributed by atoms with E-state index in [4.69, 9.17) is 55.7 Å². The monoisotopic (exact) mass is 579 g/mol. The molecular formula is C21H17Cl4N3O6S. The lowest BCUT2D eigenvalue weighted by molar-refractivity contribution is -0.141. The van der Waals surface area contributed by atoms with E-state index >= 15 is 0 Å². The maximum absolute atomic E-state index is 13.1. The van der Waals surface area contributed by atoms with E-state index in [9.17, 15) is 19.5 Å². The van der Waals surface area contributed by atoms with Crippen LogP contribution in [0.5, 0.6) is 0 Å². The number of esters is 1. The van der Waals surface area contributed by atoms with E-state index in [0.717, 1.165) is 4.90 Å². The smallest absolute Gasteiger partial charge is 0.412 e. The Morgan fingerprint density at radius 1 is 1.31 bits per heavy atom. The number of carbonyl (C=O) groups is 3. The lowest BCUT2D eigenvalue weighted by Gasteiger charge is -2.51. The largest absolute Gasteiger partial charge is 0.465 e. The summed E-state index contributed by atoms with van der Waals surface area (Å²) in [6.45, 7) is 2.82. The third-order valence-electron chi connectivity index (χ3n) is 5.40. The predicted molar refractivity (Wildman–Crippen MR) is 133 cm³/mol. The van der Waals surface area contributed by atoms with Crippen LogP contribution in [-0.4, -0.2) is 60.2 Å². The molecule has 0 aliphatic carbocycles. The average Bonchev–Trinajstić information content (AvgIpc) is 3.15. The number of nitrogens with zero attached hydrogens (tertiary/aromatic N) is 3. The second kappa shape index (κ2) is 9.74. The van der Waals surface area contributed by atoms with Crippen molar-refractivity contribution < 1.29 is 28.8 Å². The molecule has 3 heterocycles. The molecule has 186 valence electrons. The molecule has 2 aliphatic heterocycles. The van der Waals surface area contributed by atoms with Crippen LogP contribution in [0.4, 0.5) is 10.5 Å². The van der Waals surface area contributed by atoms with E-state index in [-0.39, 0.29) is 22.7 Å². The second-order valence-electron chi connectivity index (χ2n) is 7.70. The van der Waals surface area contributed by atoms with Gasteiger partial charge in [0.1, 0.15) is 29.4 Å². The zero-order valence-corrected chi connectivity index (χ0v) is 21.9. The number of amides is 2. The highest BCUT2D eigenvalue weighted by Gasteiger charge is 2.56. The molecule has 0 spiro atoms. The number of aromatic nitrogens is 1. The predicted octanol–water partition coefficient (Wildman–Crippen LogP) is 5.26. The first-order valence-electron chi connectivity index (χ1n) is 10.1. The van der Waals surface area contributed by atoms with Crippen LogP contribution < -0.4 is 4.90 Å². The van der Waals surface area contributed by atoms with E-state index in [1.165, 1.54) is 22.9 Å². The molecule has 14 heteroatoms. The number of β-lactam (4-membered cyclic amide) rings is 1. The summed E-state index contributed by atoms with van der Waals surface area (Å²) in [5, 5.41) is 13.4. The molecule has 0 bridgehead atoms. The Morgan fingerprint density at radius 3 is 2.63 bits per heavy atom. The summed E-state index contributed by atoms with van der Waals surface area (Å²) in [6.07, 6.45) is -0.0198. The summed E-state index contributed by atoms with van der Waals surface area (Å²) in [6, 6.07) is 5.67. The number of anilines is 1. The molecule has 0 radical (unpaired) electrons. The van der Waals surface area contributed by atoms with Crippen molar-refractivity contribution in [3.63, 3.8) is 0 Å². The van der Waals surface area contributed by atoms with Crippen molar-refractivity contribution in [1.82, 2.24) is 10.1 Å². The fourth-order valence-electron chi connectivity index (χ4n) is 3.81. The van der Waals surface area contributed by atoms with Crippen molar-refractivity contribution in [2.75, 3.05) is 11.5 Å². The molecule has 2 unspecified atom stereocenters. The second-order valence-corrected chi connectivity index (χ2v) is 12.1. The van der Waals surface area contributed by atoms with Crippen LogP contribution in [0.15, 0.2) is 40.6 Å². The van der Waals surface area contributed by atoms with E-state index < -0.39 is 45.0 Å². The Kier molecular flexibility index (Phi) is 7.23. The van der Waals surface area contributed by atoms with Crippen molar-refractivity contribution in [3.8, 4) is 11.3 Å². The Balaban J connectivity index is 1.65. The standard InChI is InChI=1S/C21H17Cl4N3O6S/c1-9-15(14(26-34-9)11-5-3-4-6-13(11)22)28(20(31)32)16-17(29)27-7-12(10(2)35-18(16)27)19(30)33-8-21(23,24)25/h3-7,10,16,18H,8H2,1-2H3,(H,31,32)/t10?,16?,18-/m1/s1. The molecule has 1 aromatic carbocycles. The lowest BCUT2D eigenvalue weighted by Crippen LogP contribution is -2.70. The minimum absolute atomic E-state index is 0.119. The maximum atomic E-state index is 13.1. The highest BCUT2D eigenvalue weighted by molar-refractivity contribution is 8.00. The van der Waals surface area contributed by atoms with Gasteiger partial charge in [0.15, 0.2) is 5.76 Å².